The van der Waals surface area contributed by atoms with Gasteiger partial charge in [-0.2, -0.15) is 0 Å². The van der Waals surface area contributed by atoms with Crippen LogP contribution < -0.4 is 5.32 Å². The lowest BCUT2D eigenvalue weighted by atomic mass is 9.73. The van der Waals surface area contributed by atoms with Gasteiger partial charge >= 0.3 is 0 Å². The van der Waals surface area contributed by atoms with E-state index in [4.69, 9.17) is 0 Å². The molecule has 4 fully saturated rings. The van der Waals surface area contributed by atoms with Gasteiger partial charge in [0.25, 0.3) is 0 Å². The largest absolute Gasteiger partial charge is 0.313 e. The molecule has 0 aromatic rings. The van der Waals surface area contributed by atoms with Crippen LogP contribution in [0.3, 0.4) is 0 Å². The Morgan fingerprint density at radius 3 is 2.73 bits per heavy atom. The smallest absolute Gasteiger partial charge is 0.0114 e. The molecule has 2 saturated carbocycles. The molecule has 2 aliphatic carbocycles. The highest BCUT2D eigenvalue weighted by Crippen LogP contribution is 2.40. The van der Waals surface area contributed by atoms with E-state index in [2.05, 4.69) is 17.3 Å². The summed E-state index contributed by atoms with van der Waals surface area (Å²) in [5.41, 5.74) is 0. The van der Waals surface area contributed by atoms with Gasteiger partial charge in [0.2, 0.25) is 0 Å². The molecule has 0 aromatic carbocycles. The van der Waals surface area contributed by atoms with Crippen molar-refractivity contribution < 1.29 is 0 Å². The molecule has 2 aliphatic heterocycles. The molecular weight excluding hydrogens is 184 g/mol. The van der Waals surface area contributed by atoms with Crippen molar-refractivity contribution in [2.45, 2.75) is 38.1 Å². The molecule has 2 saturated heterocycles. The van der Waals surface area contributed by atoms with Gasteiger partial charge in [-0.05, 0) is 50.7 Å². The third kappa shape index (κ3) is 1.94. The molecule has 0 aromatic heterocycles. The molecule has 2 bridgehead atoms. The molecule has 0 spiro atoms. The van der Waals surface area contributed by atoms with Crippen LogP contribution in [0.5, 0.6) is 0 Å². The average molecular weight is 208 g/mol. The van der Waals surface area contributed by atoms with Crippen LogP contribution in [0, 0.1) is 17.8 Å². The second-order valence-electron chi connectivity index (χ2n) is 6.02. The molecule has 4 rings (SSSR count). The average Bonchev–Trinajstić information content (AvgIpc) is 2.72. The van der Waals surface area contributed by atoms with Crippen LogP contribution >= 0.6 is 0 Å². The van der Waals surface area contributed by atoms with Crippen molar-refractivity contribution >= 4 is 0 Å². The zero-order valence-corrected chi connectivity index (χ0v) is 9.91. The van der Waals surface area contributed by atoms with Gasteiger partial charge in [-0.3, -0.25) is 0 Å². The number of hydrogen-bond donors (Lipinski definition) is 1. The Kier molecular flexibility index (Phi) is 2.73. The minimum atomic E-state index is 0.876. The zero-order chi connectivity index (χ0) is 10.3. The van der Waals surface area contributed by atoms with E-state index in [1.807, 2.05) is 0 Å². The molecule has 4 aliphatic rings. The van der Waals surface area contributed by atoms with Crippen molar-refractivity contribution in [2.75, 3.05) is 26.7 Å². The molecule has 3 atom stereocenters. The molecule has 3 unspecified atom stereocenters. The monoisotopic (exact) mass is 208 g/mol. The summed E-state index contributed by atoms with van der Waals surface area (Å²) in [6.07, 6.45) is 7.41. The molecule has 1 N–H and O–H groups in total. The van der Waals surface area contributed by atoms with Crippen LogP contribution in [0.15, 0.2) is 0 Å². The van der Waals surface area contributed by atoms with Crippen molar-refractivity contribution in [2.24, 2.45) is 17.8 Å². The lowest BCUT2D eigenvalue weighted by Crippen LogP contribution is -2.44. The van der Waals surface area contributed by atoms with E-state index in [9.17, 15) is 0 Å². The van der Waals surface area contributed by atoms with Gasteiger partial charge in [0.1, 0.15) is 0 Å². The predicted octanol–water partition coefficient (Wildman–Crippen LogP) is 1.72. The minimum absolute atomic E-state index is 0.876. The van der Waals surface area contributed by atoms with E-state index in [1.54, 1.807) is 0 Å². The Morgan fingerprint density at radius 1 is 1.33 bits per heavy atom. The first-order chi connectivity index (χ1) is 7.33. The third-order valence-corrected chi connectivity index (χ3v) is 4.99. The molecular formula is C13H24N2. The molecule has 2 nitrogen and oxygen atoms in total. The van der Waals surface area contributed by atoms with E-state index in [0.717, 1.165) is 23.8 Å². The van der Waals surface area contributed by atoms with E-state index in [0.29, 0.717) is 0 Å². The highest BCUT2D eigenvalue weighted by atomic mass is 15.1. The Balaban J connectivity index is 1.36. The summed E-state index contributed by atoms with van der Waals surface area (Å²) in [6.45, 7) is 3.97. The third-order valence-electron chi connectivity index (χ3n) is 4.99. The molecule has 2 heteroatoms. The highest BCUT2D eigenvalue weighted by Gasteiger charge is 2.46. The van der Waals surface area contributed by atoms with Gasteiger partial charge in [-0.15, -0.1) is 0 Å². The van der Waals surface area contributed by atoms with Crippen molar-refractivity contribution in [1.82, 2.24) is 10.2 Å². The van der Waals surface area contributed by atoms with Gasteiger partial charge < -0.3 is 10.2 Å². The minimum Gasteiger partial charge on any atom is -0.313 e. The maximum absolute atomic E-state index is 3.61. The first kappa shape index (κ1) is 10.1. The van der Waals surface area contributed by atoms with Crippen LogP contribution in [0.4, 0.5) is 0 Å². The standard InChI is InChI=1S/C13H24N2/c1-15(6-5-10-3-2-4-10)9-12-11-7-13(12)14-8-11/h10-14H,2-9H2,1H3. The van der Waals surface area contributed by atoms with Crippen LogP contribution in [-0.2, 0) is 0 Å². The highest BCUT2D eigenvalue weighted by molar-refractivity contribution is 5.02. The summed E-state index contributed by atoms with van der Waals surface area (Å²) in [6, 6.07) is 0.876. The Morgan fingerprint density at radius 2 is 2.20 bits per heavy atom. The first-order valence-electron chi connectivity index (χ1n) is 6.75. The van der Waals surface area contributed by atoms with Crippen molar-refractivity contribution in [1.29, 1.82) is 0 Å². The lowest BCUT2D eigenvalue weighted by Gasteiger charge is -2.38. The molecule has 0 radical (unpaired) electrons. The van der Waals surface area contributed by atoms with Crippen LogP contribution in [-0.4, -0.2) is 37.6 Å². The summed E-state index contributed by atoms with van der Waals surface area (Å²) in [4.78, 5) is 2.58. The summed E-state index contributed by atoms with van der Waals surface area (Å²) in [5.74, 6) is 3.07. The van der Waals surface area contributed by atoms with Crippen LogP contribution in [0.25, 0.3) is 0 Å². The SMILES string of the molecule is CN(CCC1CCC1)CC1C2CNC1C2. The van der Waals surface area contributed by atoms with Gasteiger partial charge in [-0.25, -0.2) is 0 Å². The Bertz CT molecular complexity index is 211. The summed E-state index contributed by atoms with van der Waals surface area (Å²) in [7, 11) is 2.32. The van der Waals surface area contributed by atoms with Gasteiger partial charge in [0.15, 0.2) is 0 Å². The maximum Gasteiger partial charge on any atom is 0.0114 e. The molecule has 86 valence electrons. The van der Waals surface area contributed by atoms with E-state index >= 15 is 0 Å². The van der Waals surface area contributed by atoms with Crippen molar-refractivity contribution in [3.8, 4) is 0 Å². The van der Waals surface area contributed by atoms with Gasteiger partial charge in [-0.1, -0.05) is 19.3 Å². The fourth-order valence-electron chi connectivity index (χ4n) is 3.49. The number of nitrogens with one attached hydrogen (secondary N) is 1. The molecule has 0 amide bonds. The second kappa shape index (κ2) is 4.06. The summed E-state index contributed by atoms with van der Waals surface area (Å²) in [5, 5.41) is 3.61. The van der Waals surface area contributed by atoms with Gasteiger partial charge in [0, 0.05) is 12.6 Å². The Hall–Kier alpha value is -0.0800. The summed E-state index contributed by atoms with van der Waals surface area (Å²) >= 11 is 0. The van der Waals surface area contributed by atoms with E-state index in [-0.39, 0.29) is 0 Å². The van der Waals surface area contributed by atoms with Crippen molar-refractivity contribution in [3.63, 3.8) is 0 Å². The quantitative estimate of drug-likeness (QED) is 0.740. The predicted molar refractivity (Wildman–Crippen MR) is 62.8 cm³/mol. The summed E-state index contributed by atoms with van der Waals surface area (Å²) < 4.78 is 0. The lowest BCUT2D eigenvalue weighted by molar-refractivity contribution is 0.138. The normalized spacial score (nSPS) is 39.2. The number of hydrogen-bond acceptors (Lipinski definition) is 2. The molecule has 2 heterocycles. The van der Waals surface area contributed by atoms with E-state index in [1.165, 1.54) is 51.7 Å². The first-order valence-corrected chi connectivity index (χ1v) is 6.75. The Labute approximate surface area is 93.4 Å². The van der Waals surface area contributed by atoms with Gasteiger partial charge in [0.05, 0.1) is 0 Å². The molecule has 15 heavy (non-hydrogen) atoms. The second-order valence-corrected chi connectivity index (χ2v) is 6.02. The fraction of sp³-hybridized carbons (Fsp3) is 1.00. The fourth-order valence-corrected chi connectivity index (χ4v) is 3.49. The van der Waals surface area contributed by atoms with Crippen LogP contribution in [0.1, 0.15) is 32.1 Å². The van der Waals surface area contributed by atoms with Crippen molar-refractivity contribution in [3.05, 3.63) is 0 Å². The zero-order valence-electron chi connectivity index (χ0n) is 9.91. The van der Waals surface area contributed by atoms with E-state index < -0.39 is 0 Å². The van der Waals surface area contributed by atoms with Crippen LogP contribution in [0.2, 0.25) is 0 Å². The number of rotatable bonds is 5. The number of fused-ring (bicyclic) bond motifs is 1. The number of nitrogens with zero attached hydrogens (tertiary/aromatic N) is 1. The topological polar surface area (TPSA) is 15.3 Å². The maximum atomic E-state index is 3.61.